The van der Waals surface area contributed by atoms with Gasteiger partial charge < -0.3 is 5.11 Å². The minimum absolute atomic E-state index is 0.317. The van der Waals surface area contributed by atoms with E-state index in [0.717, 1.165) is 13.0 Å². The van der Waals surface area contributed by atoms with Gasteiger partial charge in [-0.15, -0.1) is 0 Å². The van der Waals surface area contributed by atoms with E-state index in [2.05, 4.69) is 4.90 Å². The Morgan fingerprint density at radius 2 is 1.65 bits per heavy atom. The van der Waals surface area contributed by atoms with Crippen LogP contribution in [0.25, 0.3) is 0 Å². The van der Waals surface area contributed by atoms with Crippen molar-refractivity contribution in [3.63, 3.8) is 0 Å². The maximum absolute atomic E-state index is 10.9. The largest absolute Gasteiger partial charge is 0.481 e. The van der Waals surface area contributed by atoms with Crippen LogP contribution in [0.15, 0.2) is 0 Å². The third kappa shape index (κ3) is 3.70. The molecule has 17 heavy (non-hydrogen) atoms. The summed E-state index contributed by atoms with van der Waals surface area (Å²) in [6.45, 7) is 1.13. The van der Waals surface area contributed by atoms with Crippen molar-refractivity contribution in [2.45, 2.75) is 76.3 Å². The Hall–Kier alpha value is -0.570. The second kappa shape index (κ2) is 6.39. The van der Waals surface area contributed by atoms with E-state index >= 15 is 0 Å². The molecule has 2 aliphatic rings. The van der Waals surface area contributed by atoms with Crippen LogP contribution in [-0.2, 0) is 4.79 Å². The van der Waals surface area contributed by atoms with Gasteiger partial charge in [0.25, 0.3) is 0 Å². The van der Waals surface area contributed by atoms with Crippen molar-refractivity contribution >= 4 is 5.97 Å². The Morgan fingerprint density at radius 3 is 2.29 bits per heavy atom. The van der Waals surface area contributed by atoms with E-state index < -0.39 is 5.97 Å². The molecule has 1 atom stereocenters. The lowest BCUT2D eigenvalue weighted by Crippen LogP contribution is -2.40. The summed E-state index contributed by atoms with van der Waals surface area (Å²) < 4.78 is 0. The fourth-order valence-corrected chi connectivity index (χ4v) is 3.53. The van der Waals surface area contributed by atoms with Crippen molar-refractivity contribution in [3.05, 3.63) is 0 Å². The van der Waals surface area contributed by atoms with Gasteiger partial charge in [-0.25, -0.2) is 0 Å². The topological polar surface area (TPSA) is 40.5 Å². The van der Waals surface area contributed by atoms with Gasteiger partial charge in [-0.3, -0.25) is 9.69 Å². The molecule has 0 aromatic heterocycles. The first-order chi connectivity index (χ1) is 8.27. The lowest BCUT2D eigenvalue weighted by Gasteiger charge is -2.33. The molecule has 1 saturated heterocycles. The summed E-state index contributed by atoms with van der Waals surface area (Å²) in [7, 11) is 0. The minimum Gasteiger partial charge on any atom is -0.481 e. The van der Waals surface area contributed by atoms with Gasteiger partial charge >= 0.3 is 5.97 Å². The first-order valence-corrected chi connectivity index (χ1v) is 7.25. The summed E-state index contributed by atoms with van der Waals surface area (Å²) in [4.78, 5) is 13.4. The molecule has 0 radical (unpaired) electrons. The summed E-state index contributed by atoms with van der Waals surface area (Å²) in [5.74, 6) is -0.632. The summed E-state index contributed by atoms with van der Waals surface area (Å²) in [6, 6.07) is 0.985. The maximum atomic E-state index is 10.9. The Labute approximate surface area is 104 Å². The Balaban J connectivity index is 1.90. The van der Waals surface area contributed by atoms with Crippen LogP contribution in [0.2, 0.25) is 0 Å². The highest BCUT2D eigenvalue weighted by atomic mass is 16.4. The van der Waals surface area contributed by atoms with Crippen molar-refractivity contribution < 1.29 is 9.90 Å². The van der Waals surface area contributed by atoms with Gasteiger partial charge in [-0.2, -0.15) is 0 Å². The van der Waals surface area contributed by atoms with E-state index in [1.807, 2.05) is 0 Å². The summed E-state index contributed by atoms with van der Waals surface area (Å²) >= 11 is 0. The average molecular weight is 239 g/mol. The van der Waals surface area contributed by atoms with Crippen LogP contribution < -0.4 is 0 Å². The molecule has 1 heterocycles. The van der Waals surface area contributed by atoms with Gasteiger partial charge in [0.2, 0.25) is 0 Å². The highest BCUT2D eigenvalue weighted by Gasteiger charge is 2.31. The van der Waals surface area contributed by atoms with E-state index in [0.29, 0.717) is 18.5 Å². The quantitative estimate of drug-likeness (QED) is 0.823. The van der Waals surface area contributed by atoms with Gasteiger partial charge in [-0.05, 0) is 32.2 Å². The Bertz CT molecular complexity index is 247. The smallest absolute Gasteiger partial charge is 0.304 e. The number of aliphatic carboxylic acids is 1. The number of hydrogen-bond acceptors (Lipinski definition) is 2. The first kappa shape index (κ1) is 12.9. The third-order valence-corrected chi connectivity index (χ3v) is 4.38. The van der Waals surface area contributed by atoms with E-state index in [4.69, 9.17) is 5.11 Å². The highest BCUT2D eigenvalue weighted by molar-refractivity contribution is 5.67. The number of carbonyl (C=O) groups is 1. The fourth-order valence-electron chi connectivity index (χ4n) is 3.53. The predicted octanol–water partition coefficient (Wildman–Crippen LogP) is 3.04. The molecule has 0 aromatic carbocycles. The third-order valence-electron chi connectivity index (χ3n) is 4.38. The van der Waals surface area contributed by atoms with E-state index in [9.17, 15) is 4.79 Å². The molecule has 2 fully saturated rings. The van der Waals surface area contributed by atoms with Crippen LogP contribution in [0.5, 0.6) is 0 Å². The summed E-state index contributed by atoms with van der Waals surface area (Å²) in [6.07, 6.45) is 12.0. The number of nitrogens with zero attached hydrogens (tertiary/aromatic N) is 1. The monoisotopic (exact) mass is 239 g/mol. The molecule has 1 aliphatic heterocycles. The zero-order valence-corrected chi connectivity index (χ0v) is 10.7. The van der Waals surface area contributed by atoms with E-state index in [1.54, 1.807) is 0 Å². The molecule has 2 rings (SSSR count). The first-order valence-electron chi connectivity index (χ1n) is 7.25. The Kier molecular flexibility index (Phi) is 4.84. The highest BCUT2D eigenvalue weighted by Crippen LogP contribution is 2.29. The number of carboxylic acid groups (broad SMARTS) is 1. The molecule has 1 aliphatic carbocycles. The van der Waals surface area contributed by atoms with E-state index in [1.165, 1.54) is 51.4 Å². The van der Waals surface area contributed by atoms with Gasteiger partial charge in [0, 0.05) is 12.1 Å². The second-order valence-electron chi connectivity index (χ2n) is 5.63. The lowest BCUT2D eigenvalue weighted by atomic mass is 9.95. The molecule has 3 nitrogen and oxygen atoms in total. The molecular formula is C14H25NO2. The molecule has 98 valence electrons. The average Bonchev–Trinajstić information content (AvgIpc) is 2.64. The second-order valence-corrected chi connectivity index (χ2v) is 5.63. The van der Waals surface area contributed by atoms with Crippen molar-refractivity contribution in [1.82, 2.24) is 4.90 Å². The standard InChI is InChI=1S/C14H25NO2/c16-14(17)11-13-9-6-10-15(13)12-7-4-2-1-3-5-8-12/h12-13H,1-11H2,(H,16,17). The lowest BCUT2D eigenvalue weighted by molar-refractivity contribution is -0.138. The molecule has 0 aromatic rings. The number of rotatable bonds is 3. The molecule has 1 N–H and O–H groups in total. The molecule has 0 bridgehead atoms. The van der Waals surface area contributed by atoms with E-state index in [-0.39, 0.29) is 0 Å². The Morgan fingerprint density at radius 1 is 1.00 bits per heavy atom. The van der Waals surface area contributed by atoms with Crippen LogP contribution in [0.3, 0.4) is 0 Å². The van der Waals surface area contributed by atoms with Gasteiger partial charge in [0.1, 0.15) is 0 Å². The fraction of sp³-hybridized carbons (Fsp3) is 0.929. The number of carboxylic acids is 1. The van der Waals surface area contributed by atoms with Gasteiger partial charge in [-0.1, -0.05) is 32.1 Å². The van der Waals surface area contributed by atoms with Crippen molar-refractivity contribution in [2.24, 2.45) is 0 Å². The van der Waals surface area contributed by atoms with Crippen molar-refractivity contribution in [3.8, 4) is 0 Å². The normalized spacial score (nSPS) is 28.8. The van der Waals surface area contributed by atoms with Crippen LogP contribution in [0.4, 0.5) is 0 Å². The van der Waals surface area contributed by atoms with Crippen LogP contribution in [0.1, 0.15) is 64.2 Å². The van der Waals surface area contributed by atoms with Crippen LogP contribution in [-0.4, -0.2) is 34.6 Å². The van der Waals surface area contributed by atoms with Crippen molar-refractivity contribution in [1.29, 1.82) is 0 Å². The van der Waals surface area contributed by atoms with Crippen LogP contribution >= 0.6 is 0 Å². The summed E-state index contributed by atoms with van der Waals surface area (Å²) in [5, 5.41) is 8.96. The summed E-state index contributed by atoms with van der Waals surface area (Å²) in [5.41, 5.74) is 0. The number of hydrogen-bond donors (Lipinski definition) is 1. The predicted molar refractivity (Wildman–Crippen MR) is 68.1 cm³/mol. The maximum Gasteiger partial charge on any atom is 0.304 e. The van der Waals surface area contributed by atoms with Crippen LogP contribution in [0, 0.1) is 0 Å². The minimum atomic E-state index is -0.632. The molecular weight excluding hydrogens is 214 g/mol. The SMILES string of the molecule is O=C(O)CC1CCCN1C1CCCCCCC1. The van der Waals surface area contributed by atoms with Gasteiger partial charge in [0.15, 0.2) is 0 Å². The molecule has 1 saturated carbocycles. The number of likely N-dealkylation sites (tertiary alicyclic amines) is 1. The molecule has 0 amide bonds. The zero-order valence-electron chi connectivity index (χ0n) is 10.7. The zero-order chi connectivity index (χ0) is 12.1. The van der Waals surface area contributed by atoms with Crippen molar-refractivity contribution in [2.75, 3.05) is 6.54 Å². The van der Waals surface area contributed by atoms with Gasteiger partial charge in [0.05, 0.1) is 6.42 Å². The molecule has 1 unspecified atom stereocenters. The molecule has 0 spiro atoms. The molecule has 3 heteroatoms.